The van der Waals surface area contributed by atoms with Gasteiger partial charge in [-0.25, -0.2) is 0 Å². The van der Waals surface area contributed by atoms with E-state index in [1.807, 2.05) is 17.5 Å². The lowest BCUT2D eigenvalue weighted by molar-refractivity contribution is -0.171. The molecule has 5 nitrogen and oxygen atoms in total. The van der Waals surface area contributed by atoms with Crippen LogP contribution in [0.2, 0.25) is 0 Å². The highest BCUT2D eigenvalue weighted by Crippen LogP contribution is 2.29. The van der Waals surface area contributed by atoms with Crippen molar-refractivity contribution in [2.45, 2.75) is 31.1 Å². The van der Waals surface area contributed by atoms with E-state index in [0.29, 0.717) is 11.1 Å². The quantitative estimate of drug-likeness (QED) is 0.772. The van der Waals surface area contributed by atoms with Crippen molar-refractivity contribution in [2.75, 3.05) is 0 Å². The first-order valence-electron chi connectivity index (χ1n) is 9.02. The lowest BCUT2D eigenvalue weighted by Crippen LogP contribution is -2.54. The Hall–Kier alpha value is -3.34. The monoisotopic (exact) mass is 401 g/mol. The van der Waals surface area contributed by atoms with Gasteiger partial charge in [0.2, 0.25) is 11.8 Å². The number of carbonyl (C=O) groups is 2. The van der Waals surface area contributed by atoms with Crippen LogP contribution in [0.25, 0.3) is 0 Å². The van der Waals surface area contributed by atoms with Crippen LogP contribution in [0.15, 0.2) is 54.6 Å². The Labute approximate surface area is 165 Å². The van der Waals surface area contributed by atoms with Gasteiger partial charge in [-0.15, -0.1) is 0 Å². The predicted molar refractivity (Wildman–Crippen MR) is 98.3 cm³/mol. The summed E-state index contributed by atoms with van der Waals surface area (Å²) in [6, 6.07) is 15.1. The van der Waals surface area contributed by atoms with Gasteiger partial charge in [0.1, 0.15) is 12.0 Å². The highest BCUT2D eigenvalue weighted by atomic mass is 19.4. The Morgan fingerprint density at radius 3 is 2.24 bits per heavy atom. The highest BCUT2D eigenvalue weighted by Gasteiger charge is 2.46. The maximum Gasteiger partial charge on any atom is 0.408 e. The smallest absolute Gasteiger partial charge is 0.344 e. The van der Waals surface area contributed by atoms with Gasteiger partial charge >= 0.3 is 6.18 Å². The minimum Gasteiger partial charge on any atom is -0.344 e. The average Bonchev–Trinajstić information content (AvgIpc) is 2.72. The SMILES string of the molecule is N#Cc1ccc(C(NC(=O)C2CCC(C(F)(F)F)NC2=O)c2ccccc2)cc1. The van der Waals surface area contributed by atoms with Crippen molar-refractivity contribution in [3.05, 3.63) is 71.3 Å². The fourth-order valence-electron chi connectivity index (χ4n) is 3.30. The Bertz CT molecular complexity index is 921. The molecular formula is C21H18F3N3O2. The normalized spacial score (nSPS) is 20.3. The molecule has 0 saturated carbocycles. The Kier molecular flexibility index (Phi) is 5.87. The standard InChI is InChI=1S/C21H18F3N3O2/c22-21(23,24)17-11-10-16(19(28)26-17)20(29)27-18(14-4-2-1-3-5-14)15-8-6-13(12-25)7-9-15/h1-9,16-18H,10-11H2,(H,26,28)(H,27,29). The zero-order valence-electron chi connectivity index (χ0n) is 15.2. The fourth-order valence-corrected chi connectivity index (χ4v) is 3.30. The maximum atomic E-state index is 12.8. The summed E-state index contributed by atoms with van der Waals surface area (Å²) in [5.41, 5.74) is 1.89. The van der Waals surface area contributed by atoms with Crippen molar-refractivity contribution >= 4 is 11.8 Å². The van der Waals surface area contributed by atoms with Crippen LogP contribution >= 0.6 is 0 Å². The van der Waals surface area contributed by atoms with Gasteiger partial charge in [0, 0.05) is 0 Å². The van der Waals surface area contributed by atoms with Crippen LogP contribution < -0.4 is 10.6 Å². The first-order chi connectivity index (χ1) is 13.8. The molecule has 2 aromatic rings. The number of piperidine rings is 1. The third-order valence-corrected chi connectivity index (χ3v) is 4.88. The van der Waals surface area contributed by atoms with Crippen LogP contribution in [0.5, 0.6) is 0 Å². The van der Waals surface area contributed by atoms with Crippen molar-refractivity contribution in [2.24, 2.45) is 5.92 Å². The van der Waals surface area contributed by atoms with Gasteiger partial charge in [-0.05, 0) is 36.1 Å². The predicted octanol–water partition coefficient (Wildman–Crippen LogP) is 3.22. The highest BCUT2D eigenvalue weighted by molar-refractivity contribution is 6.01. The molecule has 1 heterocycles. The number of benzene rings is 2. The van der Waals surface area contributed by atoms with E-state index in [1.165, 1.54) is 0 Å². The molecule has 2 amide bonds. The third-order valence-electron chi connectivity index (χ3n) is 4.88. The second kappa shape index (κ2) is 8.35. The number of halogens is 3. The zero-order valence-corrected chi connectivity index (χ0v) is 15.2. The minimum absolute atomic E-state index is 0.184. The van der Waals surface area contributed by atoms with Crippen molar-refractivity contribution in [3.63, 3.8) is 0 Å². The van der Waals surface area contributed by atoms with E-state index >= 15 is 0 Å². The Balaban J connectivity index is 1.80. The largest absolute Gasteiger partial charge is 0.408 e. The molecule has 1 aliphatic rings. The summed E-state index contributed by atoms with van der Waals surface area (Å²) >= 11 is 0. The molecule has 0 aliphatic carbocycles. The fraction of sp³-hybridized carbons (Fsp3) is 0.286. The minimum atomic E-state index is -4.54. The van der Waals surface area contributed by atoms with Crippen LogP contribution in [-0.4, -0.2) is 24.0 Å². The number of hydrogen-bond donors (Lipinski definition) is 2. The summed E-state index contributed by atoms with van der Waals surface area (Å²) < 4.78 is 38.5. The number of hydrogen-bond acceptors (Lipinski definition) is 3. The summed E-state index contributed by atoms with van der Waals surface area (Å²) in [5, 5.41) is 13.6. The van der Waals surface area contributed by atoms with E-state index in [0.717, 1.165) is 5.56 Å². The van der Waals surface area contributed by atoms with Crippen molar-refractivity contribution in [1.29, 1.82) is 5.26 Å². The van der Waals surface area contributed by atoms with Gasteiger partial charge < -0.3 is 10.6 Å². The first kappa shape index (κ1) is 20.4. The molecule has 2 N–H and O–H groups in total. The summed E-state index contributed by atoms with van der Waals surface area (Å²) in [5.74, 6) is -2.76. The van der Waals surface area contributed by atoms with Crippen LogP contribution in [0.4, 0.5) is 13.2 Å². The number of nitrogens with one attached hydrogen (secondary N) is 2. The van der Waals surface area contributed by atoms with E-state index in [1.54, 1.807) is 48.5 Å². The van der Waals surface area contributed by atoms with E-state index in [9.17, 15) is 22.8 Å². The van der Waals surface area contributed by atoms with Crippen LogP contribution in [0, 0.1) is 17.2 Å². The molecule has 150 valence electrons. The average molecular weight is 401 g/mol. The van der Waals surface area contributed by atoms with E-state index < -0.39 is 36.0 Å². The Morgan fingerprint density at radius 1 is 1.07 bits per heavy atom. The number of nitrogens with zero attached hydrogens (tertiary/aromatic N) is 1. The lowest BCUT2D eigenvalue weighted by atomic mass is 9.91. The van der Waals surface area contributed by atoms with Crippen LogP contribution in [0.1, 0.15) is 35.6 Å². The number of amides is 2. The molecular weight excluding hydrogens is 383 g/mol. The molecule has 29 heavy (non-hydrogen) atoms. The molecule has 3 rings (SSSR count). The van der Waals surface area contributed by atoms with Crippen molar-refractivity contribution < 1.29 is 22.8 Å². The van der Waals surface area contributed by atoms with E-state index in [-0.39, 0.29) is 12.8 Å². The molecule has 0 bridgehead atoms. The molecule has 2 aromatic carbocycles. The molecule has 0 aromatic heterocycles. The summed E-state index contributed by atoms with van der Waals surface area (Å²) in [6.07, 6.45) is -5.07. The second-order valence-corrected chi connectivity index (χ2v) is 6.82. The molecule has 8 heteroatoms. The zero-order chi connectivity index (χ0) is 21.0. The van der Waals surface area contributed by atoms with Gasteiger partial charge in [0.05, 0.1) is 17.7 Å². The maximum absolute atomic E-state index is 12.8. The van der Waals surface area contributed by atoms with Crippen molar-refractivity contribution in [1.82, 2.24) is 10.6 Å². The first-order valence-corrected chi connectivity index (χ1v) is 9.02. The molecule has 0 spiro atoms. The van der Waals surface area contributed by atoms with Gasteiger partial charge in [0.15, 0.2) is 0 Å². The summed E-state index contributed by atoms with van der Waals surface area (Å²) in [4.78, 5) is 24.9. The molecule has 1 saturated heterocycles. The van der Waals surface area contributed by atoms with Gasteiger partial charge in [-0.2, -0.15) is 18.4 Å². The van der Waals surface area contributed by atoms with Crippen molar-refractivity contribution in [3.8, 4) is 6.07 Å². The number of carbonyl (C=O) groups excluding carboxylic acids is 2. The lowest BCUT2D eigenvalue weighted by Gasteiger charge is -2.31. The molecule has 3 atom stereocenters. The third kappa shape index (κ3) is 4.74. The number of rotatable bonds is 4. The van der Waals surface area contributed by atoms with E-state index in [4.69, 9.17) is 5.26 Å². The molecule has 1 fully saturated rings. The Morgan fingerprint density at radius 2 is 1.69 bits per heavy atom. The number of alkyl halides is 3. The second-order valence-electron chi connectivity index (χ2n) is 6.82. The molecule has 3 unspecified atom stereocenters. The van der Waals surface area contributed by atoms with Crippen LogP contribution in [-0.2, 0) is 9.59 Å². The van der Waals surface area contributed by atoms with Gasteiger partial charge in [-0.1, -0.05) is 42.5 Å². The van der Waals surface area contributed by atoms with Crippen LogP contribution in [0.3, 0.4) is 0 Å². The topological polar surface area (TPSA) is 82.0 Å². The van der Waals surface area contributed by atoms with Gasteiger partial charge in [-0.3, -0.25) is 9.59 Å². The van der Waals surface area contributed by atoms with E-state index in [2.05, 4.69) is 5.32 Å². The van der Waals surface area contributed by atoms with Gasteiger partial charge in [0.25, 0.3) is 0 Å². The molecule has 0 radical (unpaired) electrons. The number of nitriles is 1. The summed E-state index contributed by atoms with van der Waals surface area (Å²) in [7, 11) is 0. The summed E-state index contributed by atoms with van der Waals surface area (Å²) in [6.45, 7) is 0. The molecule has 1 aliphatic heterocycles.